The highest BCUT2D eigenvalue weighted by atomic mass is 15.3. The van der Waals surface area contributed by atoms with E-state index in [4.69, 9.17) is 5.73 Å². The van der Waals surface area contributed by atoms with E-state index in [1.807, 2.05) is 11.7 Å². The number of aryl methyl sites for hydroxylation is 2. The van der Waals surface area contributed by atoms with Crippen LogP contribution in [-0.2, 0) is 13.5 Å². The molecular weight excluding hydrogens is 212 g/mol. The number of nitrogens with one attached hydrogen (secondary N) is 1. The molecule has 4 nitrogen and oxygen atoms in total. The van der Waals surface area contributed by atoms with Crippen molar-refractivity contribution in [2.24, 2.45) is 18.7 Å². The Hall–Kier alpha value is -1.03. The van der Waals surface area contributed by atoms with Gasteiger partial charge in [0.1, 0.15) is 0 Å². The summed E-state index contributed by atoms with van der Waals surface area (Å²) < 4.78 is 1.89. The second kappa shape index (κ2) is 5.54. The van der Waals surface area contributed by atoms with Crippen molar-refractivity contribution in [2.45, 2.75) is 45.1 Å². The third-order valence-electron chi connectivity index (χ3n) is 3.79. The zero-order chi connectivity index (χ0) is 12.3. The van der Waals surface area contributed by atoms with E-state index in [1.165, 1.54) is 31.4 Å². The fraction of sp³-hybridized carbons (Fsp3) is 0.769. The van der Waals surface area contributed by atoms with Crippen LogP contribution >= 0.6 is 0 Å². The van der Waals surface area contributed by atoms with Crippen molar-refractivity contribution < 1.29 is 0 Å². The fourth-order valence-corrected chi connectivity index (χ4v) is 2.80. The Kier molecular flexibility index (Phi) is 4.05. The Morgan fingerprint density at radius 1 is 1.47 bits per heavy atom. The SMILES string of the molecule is CCc1nn(C)cc1NC1CCCCC1CN. The highest BCUT2D eigenvalue weighted by molar-refractivity contribution is 5.47. The molecule has 1 aliphatic carbocycles. The topological polar surface area (TPSA) is 55.9 Å². The number of hydrogen-bond donors (Lipinski definition) is 2. The van der Waals surface area contributed by atoms with Gasteiger partial charge in [-0.15, -0.1) is 0 Å². The van der Waals surface area contributed by atoms with Crippen LogP contribution in [0.1, 0.15) is 38.3 Å². The summed E-state index contributed by atoms with van der Waals surface area (Å²) in [6.07, 6.45) is 8.20. The van der Waals surface area contributed by atoms with Gasteiger partial charge in [-0.1, -0.05) is 19.8 Å². The first-order valence-corrected chi connectivity index (χ1v) is 6.73. The van der Waals surface area contributed by atoms with Crippen molar-refractivity contribution in [1.82, 2.24) is 9.78 Å². The van der Waals surface area contributed by atoms with Gasteiger partial charge >= 0.3 is 0 Å². The summed E-state index contributed by atoms with van der Waals surface area (Å²) in [6, 6.07) is 0.531. The fourth-order valence-electron chi connectivity index (χ4n) is 2.80. The van der Waals surface area contributed by atoms with Gasteiger partial charge < -0.3 is 11.1 Å². The Morgan fingerprint density at radius 2 is 2.24 bits per heavy atom. The van der Waals surface area contributed by atoms with Crippen LogP contribution in [0.15, 0.2) is 6.20 Å². The van der Waals surface area contributed by atoms with Crippen LogP contribution in [0.25, 0.3) is 0 Å². The number of nitrogens with two attached hydrogens (primary N) is 1. The number of hydrogen-bond acceptors (Lipinski definition) is 3. The van der Waals surface area contributed by atoms with Crippen LogP contribution in [-0.4, -0.2) is 22.4 Å². The summed E-state index contributed by atoms with van der Waals surface area (Å²) in [6.45, 7) is 2.94. The minimum absolute atomic E-state index is 0.531. The quantitative estimate of drug-likeness (QED) is 0.839. The van der Waals surface area contributed by atoms with E-state index >= 15 is 0 Å². The molecule has 2 atom stereocenters. The van der Waals surface area contributed by atoms with E-state index in [0.29, 0.717) is 12.0 Å². The average Bonchev–Trinajstić information content (AvgIpc) is 2.70. The van der Waals surface area contributed by atoms with Crippen LogP contribution in [0.4, 0.5) is 5.69 Å². The van der Waals surface area contributed by atoms with Gasteiger partial charge in [0.15, 0.2) is 0 Å². The van der Waals surface area contributed by atoms with E-state index in [9.17, 15) is 0 Å². The second-order valence-corrected chi connectivity index (χ2v) is 5.05. The average molecular weight is 236 g/mol. The molecular formula is C13H24N4. The van der Waals surface area contributed by atoms with Crippen LogP contribution in [0.5, 0.6) is 0 Å². The van der Waals surface area contributed by atoms with Gasteiger partial charge in [-0.3, -0.25) is 4.68 Å². The lowest BCUT2D eigenvalue weighted by Crippen LogP contribution is -2.36. The lowest BCUT2D eigenvalue weighted by atomic mass is 9.84. The van der Waals surface area contributed by atoms with E-state index < -0.39 is 0 Å². The summed E-state index contributed by atoms with van der Waals surface area (Å²) in [4.78, 5) is 0. The number of nitrogens with zero attached hydrogens (tertiary/aromatic N) is 2. The summed E-state index contributed by atoms with van der Waals surface area (Å²) in [5.41, 5.74) is 8.22. The summed E-state index contributed by atoms with van der Waals surface area (Å²) in [7, 11) is 1.98. The standard InChI is InChI=1S/C13H24N4/c1-3-11-13(9-17(2)16-11)15-12-7-5-4-6-10(12)8-14/h9-10,12,15H,3-8,14H2,1-2H3. The normalized spacial score (nSPS) is 24.9. The molecule has 0 aliphatic heterocycles. The van der Waals surface area contributed by atoms with Crippen LogP contribution in [0, 0.1) is 5.92 Å². The van der Waals surface area contributed by atoms with Gasteiger partial charge in [0.2, 0.25) is 0 Å². The highest BCUT2D eigenvalue weighted by Crippen LogP contribution is 2.27. The summed E-state index contributed by atoms with van der Waals surface area (Å²) in [5, 5.41) is 8.13. The Morgan fingerprint density at radius 3 is 2.94 bits per heavy atom. The molecule has 0 amide bonds. The molecule has 2 rings (SSSR count). The number of aromatic nitrogens is 2. The van der Waals surface area contributed by atoms with Crippen LogP contribution < -0.4 is 11.1 Å². The third-order valence-corrected chi connectivity index (χ3v) is 3.79. The monoisotopic (exact) mass is 236 g/mol. The highest BCUT2D eigenvalue weighted by Gasteiger charge is 2.24. The molecule has 0 spiro atoms. The van der Waals surface area contributed by atoms with E-state index in [2.05, 4.69) is 23.5 Å². The Balaban J connectivity index is 2.07. The van der Waals surface area contributed by atoms with Crippen molar-refractivity contribution in [3.05, 3.63) is 11.9 Å². The molecule has 1 aromatic heterocycles. The van der Waals surface area contributed by atoms with Gasteiger partial charge in [0.05, 0.1) is 11.4 Å². The molecule has 1 aliphatic rings. The number of anilines is 1. The Bertz CT molecular complexity index is 358. The summed E-state index contributed by atoms with van der Waals surface area (Å²) >= 11 is 0. The molecule has 1 aromatic rings. The zero-order valence-electron chi connectivity index (χ0n) is 10.9. The molecule has 17 heavy (non-hydrogen) atoms. The lowest BCUT2D eigenvalue weighted by Gasteiger charge is -2.31. The summed E-state index contributed by atoms with van der Waals surface area (Å²) in [5.74, 6) is 0.619. The molecule has 0 bridgehead atoms. The second-order valence-electron chi connectivity index (χ2n) is 5.05. The van der Waals surface area contributed by atoms with E-state index in [0.717, 1.165) is 18.7 Å². The lowest BCUT2D eigenvalue weighted by molar-refractivity contribution is 0.332. The maximum Gasteiger partial charge on any atom is 0.0853 e. The molecule has 0 saturated heterocycles. The van der Waals surface area contributed by atoms with Gasteiger partial charge in [-0.25, -0.2) is 0 Å². The van der Waals surface area contributed by atoms with Crippen molar-refractivity contribution in [3.8, 4) is 0 Å². The van der Waals surface area contributed by atoms with Crippen LogP contribution in [0.3, 0.4) is 0 Å². The molecule has 1 saturated carbocycles. The molecule has 0 aromatic carbocycles. The maximum atomic E-state index is 5.86. The van der Waals surface area contributed by atoms with Gasteiger partial charge in [-0.05, 0) is 31.7 Å². The van der Waals surface area contributed by atoms with E-state index in [-0.39, 0.29) is 0 Å². The minimum atomic E-state index is 0.531. The molecule has 2 unspecified atom stereocenters. The largest absolute Gasteiger partial charge is 0.379 e. The van der Waals surface area contributed by atoms with E-state index in [1.54, 1.807) is 0 Å². The molecule has 1 fully saturated rings. The molecule has 3 N–H and O–H groups in total. The zero-order valence-corrected chi connectivity index (χ0v) is 10.9. The smallest absolute Gasteiger partial charge is 0.0853 e. The van der Waals surface area contributed by atoms with Gasteiger partial charge in [0.25, 0.3) is 0 Å². The first-order valence-electron chi connectivity index (χ1n) is 6.73. The van der Waals surface area contributed by atoms with Crippen LogP contribution in [0.2, 0.25) is 0 Å². The first-order chi connectivity index (χ1) is 8.24. The minimum Gasteiger partial charge on any atom is -0.379 e. The molecule has 0 radical (unpaired) electrons. The first kappa shape index (κ1) is 12.4. The molecule has 1 heterocycles. The van der Waals surface area contributed by atoms with Gasteiger partial charge in [0, 0.05) is 19.3 Å². The molecule has 96 valence electrons. The predicted molar refractivity (Wildman–Crippen MR) is 71.0 cm³/mol. The van der Waals surface area contributed by atoms with Crippen molar-refractivity contribution in [2.75, 3.05) is 11.9 Å². The van der Waals surface area contributed by atoms with Crippen molar-refractivity contribution >= 4 is 5.69 Å². The molecule has 4 heteroatoms. The predicted octanol–water partition coefficient (Wildman–Crippen LogP) is 1.91. The Labute approximate surface area is 104 Å². The van der Waals surface area contributed by atoms with Crippen molar-refractivity contribution in [3.63, 3.8) is 0 Å². The third kappa shape index (κ3) is 2.80. The number of rotatable bonds is 4. The maximum absolute atomic E-state index is 5.86. The van der Waals surface area contributed by atoms with Gasteiger partial charge in [-0.2, -0.15) is 5.10 Å². The van der Waals surface area contributed by atoms with Crippen molar-refractivity contribution in [1.29, 1.82) is 0 Å².